The lowest BCUT2D eigenvalue weighted by atomic mass is 10.1. The first-order chi connectivity index (χ1) is 10.3. The van der Waals surface area contributed by atoms with Crippen molar-refractivity contribution in [3.8, 4) is 0 Å². The number of rotatable bonds is 4. The topological polar surface area (TPSA) is 52.5 Å². The monoisotopic (exact) mass is 289 g/mol. The Morgan fingerprint density at radius 1 is 1.10 bits per heavy atom. The molecule has 21 heavy (non-hydrogen) atoms. The molecular formula is C15H23N5O. The molecule has 2 saturated heterocycles. The molecule has 0 saturated carbocycles. The van der Waals surface area contributed by atoms with Gasteiger partial charge in [-0.05, 0) is 43.5 Å². The van der Waals surface area contributed by atoms with Gasteiger partial charge in [-0.3, -0.25) is 0 Å². The molecule has 2 aliphatic heterocycles. The minimum Gasteiger partial charge on any atom is -0.379 e. The molecule has 6 nitrogen and oxygen atoms in total. The minimum atomic E-state index is 0.742. The molecule has 3 rings (SSSR count). The third-order valence-corrected chi connectivity index (χ3v) is 3.99. The molecule has 2 fully saturated rings. The maximum Gasteiger partial charge on any atom is 0.0878 e. The van der Waals surface area contributed by atoms with Crippen molar-refractivity contribution >= 4 is 11.4 Å². The molecule has 0 unspecified atom stereocenters. The van der Waals surface area contributed by atoms with Crippen molar-refractivity contribution in [1.82, 2.24) is 10.5 Å². The standard InChI is InChI=1S/C15H23N5O/c1-13-12-14(4-5-15(13)19-6-2-3-7-19)16-17-18-20-8-10-21-11-9-20/h4-5,12H,2-3,6-11H2,1H3,(H,16,18). The van der Waals surface area contributed by atoms with E-state index in [9.17, 15) is 0 Å². The van der Waals surface area contributed by atoms with Crippen LogP contribution >= 0.6 is 0 Å². The van der Waals surface area contributed by atoms with E-state index in [0.717, 1.165) is 32.0 Å². The summed E-state index contributed by atoms with van der Waals surface area (Å²) in [5, 5.41) is 10.3. The predicted octanol–water partition coefficient (Wildman–Crippen LogP) is 2.43. The highest BCUT2D eigenvalue weighted by atomic mass is 16.5. The zero-order valence-electron chi connectivity index (χ0n) is 12.6. The summed E-state index contributed by atoms with van der Waals surface area (Å²) >= 11 is 0. The molecule has 2 heterocycles. The SMILES string of the molecule is Cc1cc(N=NNN2CCOCC2)ccc1N1CCCC1. The molecule has 0 amide bonds. The van der Waals surface area contributed by atoms with E-state index in [0.29, 0.717) is 0 Å². The number of hydrazine groups is 1. The third kappa shape index (κ3) is 3.71. The normalized spacial score (nSPS) is 20.3. The van der Waals surface area contributed by atoms with Crippen LogP contribution < -0.4 is 10.4 Å². The van der Waals surface area contributed by atoms with E-state index in [-0.39, 0.29) is 0 Å². The van der Waals surface area contributed by atoms with E-state index in [1.807, 2.05) is 11.1 Å². The molecule has 0 aliphatic carbocycles. The van der Waals surface area contributed by atoms with Gasteiger partial charge in [-0.2, -0.15) is 0 Å². The lowest BCUT2D eigenvalue weighted by molar-refractivity contribution is 0.0110. The fourth-order valence-electron chi connectivity index (χ4n) is 2.82. The number of morpholine rings is 1. The number of benzene rings is 1. The molecule has 114 valence electrons. The highest BCUT2D eigenvalue weighted by Crippen LogP contribution is 2.27. The van der Waals surface area contributed by atoms with Gasteiger partial charge in [-0.1, -0.05) is 5.22 Å². The molecule has 6 heteroatoms. The van der Waals surface area contributed by atoms with Crippen LogP contribution in [-0.4, -0.2) is 44.4 Å². The number of nitrogens with zero attached hydrogens (tertiary/aromatic N) is 4. The van der Waals surface area contributed by atoms with Gasteiger partial charge in [0.05, 0.1) is 18.9 Å². The number of ether oxygens (including phenoxy) is 1. The van der Waals surface area contributed by atoms with Gasteiger partial charge in [0.15, 0.2) is 0 Å². The molecule has 1 N–H and O–H groups in total. The van der Waals surface area contributed by atoms with E-state index in [1.165, 1.54) is 37.2 Å². The number of nitrogens with one attached hydrogen (secondary N) is 1. The Morgan fingerprint density at radius 2 is 1.86 bits per heavy atom. The van der Waals surface area contributed by atoms with Crippen molar-refractivity contribution in [1.29, 1.82) is 0 Å². The van der Waals surface area contributed by atoms with Gasteiger partial charge < -0.3 is 9.64 Å². The Kier molecular flexibility index (Phi) is 4.67. The van der Waals surface area contributed by atoms with Crippen LogP contribution in [0.2, 0.25) is 0 Å². The summed E-state index contributed by atoms with van der Waals surface area (Å²) in [6.07, 6.45) is 2.59. The van der Waals surface area contributed by atoms with Crippen molar-refractivity contribution in [2.24, 2.45) is 10.3 Å². The van der Waals surface area contributed by atoms with Crippen molar-refractivity contribution < 1.29 is 4.74 Å². The van der Waals surface area contributed by atoms with Gasteiger partial charge >= 0.3 is 0 Å². The first kappa shape index (κ1) is 14.3. The molecule has 0 atom stereocenters. The maximum atomic E-state index is 5.28. The van der Waals surface area contributed by atoms with Crippen molar-refractivity contribution in [2.75, 3.05) is 44.3 Å². The summed E-state index contributed by atoms with van der Waals surface area (Å²) in [6.45, 7) is 7.64. The van der Waals surface area contributed by atoms with E-state index in [2.05, 4.69) is 39.8 Å². The zero-order valence-corrected chi connectivity index (χ0v) is 12.6. The van der Waals surface area contributed by atoms with Crippen LogP contribution in [0, 0.1) is 6.92 Å². The summed E-state index contributed by atoms with van der Waals surface area (Å²) < 4.78 is 5.28. The molecule has 1 aromatic carbocycles. The van der Waals surface area contributed by atoms with Gasteiger partial charge in [0.25, 0.3) is 0 Å². The van der Waals surface area contributed by atoms with Gasteiger partial charge in [0.1, 0.15) is 0 Å². The molecule has 0 bridgehead atoms. The predicted molar refractivity (Wildman–Crippen MR) is 82.7 cm³/mol. The van der Waals surface area contributed by atoms with Crippen molar-refractivity contribution in [3.63, 3.8) is 0 Å². The second-order valence-electron chi connectivity index (χ2n) is 5.56. The lowest BCUT2D eigenvalue weighted by Gasteiger charge is -2.24. The second-order valence-corrected chi connectivity index (χ2v) is 5.56. The number of anilines is 1. The van der Waals surface area contributed by atoms with Crippen LogP contribution in [0.25, 0.3) is 0 Å². The number of aryl methyl sites for hydroxylation is 1. The summed E-state index contributed by atoms with van der Waals surface area (Å²) in [4.78, 5) is 2.45. The molecular weight excluding hydrogens is 266 g/mol. The van der Waals surface area contributed by atoms with E-state index < -0.39 is 0 Å². The molecule has 0 radical (unpaired) electrons. The Morgan fingerprint density at radius 3 is 2.57 bits per heavy atom. The van der Waals surface area contributed by atoms with E-state index in [1.54, 1.807) is 0 Å². The fourth-order valence-corrected chi connectivity index (χ4v) is 2.82. The first-order valence-corrected chi connectivity index (χ1v) is 7.67. The molecule has 0 spiro atoms. The Balaban J connectivity index is 1.59. The van der Waals surface area contributed by atoms with E-state index in [4.69, 9.17) is 4.74 Å². The molecule has 1 aromatic rings. The van der Waals surface area contributed by atoms with Crippen molar-refractivity contribution in [2.45, 2.75) is 19.8 Å². The number of hydrogen-bond acceptors (Lipinski definition) is 5. The number of hydrogen-bond donors (Lipinski definition) is 1. The van der Waals surface area contributed by atoms with Crippen LogP contribution in [0.4, 0.5) is 11.4 Å². The highest BCUT2D eigenvalue weighted by Gasteiger charge is 2.14. The third-order valence-electron chi connectivity index (χ3n) is 3.99. The summed E-state index contributed by atoms with van der Waals surface area (Å²) in [6, 6.07) is 6.28. The molecule has 0 aromatic heterocycles. The fraction of sp³-hybridized carbons (Fsp3) is 0.600. The summed E-state index contributed by atoms with van der Waals surface area (Å²) in [7, 11) is 0. The second kappa shape index (κ2) is 6.87. The maximum absolute atomic E-state index is 5.28. The Hall–Kier alpha value is -1.66. The van der Waals surface area contributed by atoms with Crippen LogP contribution in [0.5, 0.6) is 0 Å². The van der Waals surface area contributed by atoms with Gasteiger partial charge in [-0.15, -0.1) is 5.11 Å². The highest BCUT2D eigenvalue weighted by molar-refractivity contribution is 5.59. The van der Waals surface area contributed by atoms with Crippen LogP contribution in [-0.2, 0) is 4.74 Å². The van der Waals surface area contributed by atoms with Crippen LogP contribution in [0.15, 0.2) is 28.5 Å². The lowest BCUT2D eigenvalue weighted by Crippen LogP contribution is -2.43. The van der Waals surface area contributed by atoms with Gasteiger partial charge in [-0.25, -0.2) is 10.5 Å². The van der Waals surface area contributed by atoms with Crippen LogP contribution in [0.1, 0.15) is 18.4 Å². The Labute approximate surface area is 125 Å². The van der Waals surface area contributed by atoms with Crippen LogP contribution in [0.3, 0.4) is 0 Å². The summed E-state index contributed by atoms with van der Waals surface area (Å²) in [5.74, 6) is 0. The quantitative estimate of drug-likeness (QED) is 0.683. The Bertz CT molecular complexity index is 493. The molecule has 2 aliphatic rings. The zero-order chi connectivity index (χ0) is 14.5. The first-order valence-electron chi connectivity index (χ1n) is 7.67. The smallest absolute Gasteiger partial charge is 0.0878 e. The minimum absolute atomic E-state index is 0.742. The summed E-state index contributed by atoms with van der Waals surface area (Å²) in [5.41, 5.74) is 6.44. The largest absolute Gasteiger partial charge is 0.379 e. The average molecular weight is 289 g/mol. The van der Waals surface area contributed by atoms with Gasteiger partial charge in [0.2, 0.25) is 0 Å². The van der Waals surface area contributed by atoms with Crippen molar-refractivity contribution in [3.05, 3.63) is 23.8 Å². The van der Waals surface area contributed by atoms with E-state index >= 15 is 0 Å². The average Bonchev–Trinajstić information content (AvgIpc) is 3.02. The van der Waals surface area contributed by atoms with Gasteiger partial charge in [0, 0.05) is 31.9 Å².